The lowest BCUT2D eigenvalue weighted by molar-refractivity contribution is -0.135. The maximum atomic E-state index is 12.8. The average molecular weight is 376 g/mol. The third kappa shape index (κ3) is 3.41. The molecule has 6 heteroatoms. The van der Waals surface area contributed by atoms with Crippen molar-refractivity contribution in [3.05, 3.63) is 87.6 Å². The van der Waals surface area contributed by atoms with E-state index in [2.05, 4.69) is 4.98 Å². The van der Waals surface area contributed by atoms with Crippen LogP contribution in [0.2, 0.25) is 0 Å². The minimum Gasteiger partial charge on any atom is -0.487 e. The molecule has 0 spiro atoms. The molecule has 0 N–H and O–H groups in total. The van der Waals surface area contributed by atoms with Crippen LogP contribution in [-0.4, -0.2) is 15.5 Å². The molecule has 0 amide bonds. The number of pyridine rings is 2. The molecule has 1 unspecified atom stereocenters. The van der Waals surface area contributed by atoms with E-state index in [1.165, 1.54) is 0 Å². The molecule has 1 atom stereocenters. The third-order valence-corrected chi connectivity index (χ3v) is 5.01. The Morgan fingerprint density at radius 2 is 1.96 bits per heavy atom. The summed E-state index contributed by atoms with van der Waals surface area (Å²) < 4.78 is 12.7. The quantitative estimate of drug-likeness (QED) is 0.655. The van der Waals surface area contributed by atoms with Gasteiger partial charge in [-0.05, 0) is 36.8 Å². The minimum absolute atomic E-state index is 0.136. The molecule has 6 nitrogen and oxygen atoms in total. The van der Waals surface area contributed by atoms with E-state index in [1.54, 1.807) is 23.9 Å². The zero-order valence-corrected chi connectivity index (χ0v) is 15.7. The van der Waals surface area contributed by atoms with Crippen molar-refractivity contribution in [1.82, 2.24) is 9.55 Å². The molecule has 1 aliphatic heterocycles. The van der Waals surface area contributed by atoms with Crippen LogP contribution in [0.4, 0.5) is 0 Å². The molecule has 2 aromatic heterocycles. The second-order valence-corrected chi connectivity index (χ2v) is 6.84. The number of benzene rings is 1. The van der Waals surface area contributed by atoms with Gasteiger partial charge in [0.05, 0.1) is 17.7 Å². The van der Waals surface area contributed by atoms with E-state index in [4.69, 9.17) is 9.47 Å². The second kappa shape index (κ2) is 7.31. The van der Waals surface area contributed by atoms with Crippen molar-refractivity contribution < 1.29 is 14.3 Å². The number of hydrogen-bond acceptors (Lipinski definition) is 5. The van der Waals surface area contributed by atoms with E-state index in [0.29, 0.717) is 23.7 Å². The zero-order chi connectivity index (χ0) is 19.7. The topological polar surface area (TPSA) is 70.4 Å². The number of fused-ring (bicyclic) bond motifs is 1. The van der Waals surface area contributed by atoms with Crippen molar-refractivity contribution in [3.63, 3.8) is 0 Å². The highest BCUT2D eigenvalue weighted by Crippen LogP contribution is 2.37. The fraction of sp³-hybridized carbons (Fsp3) is 0.227. The Morgan fingerprint density at radius 1 is 1.18 bits per heavy atom. The van der Waals surface area contributed by atoms with Gasteiger partial charge in [0.1, 0.15) is 18.1 Å². The van der Waals surface area contributed by atoms with Gasteiger partial charge in [0, 0.05) is 30.9 Å². The molecule has 142 valence electrons. The molecule has 1 aromatic carbocycles. The molecule has 3 aromatic rings. The highest BCUT2D eigenvalue weighted by molar-refractivity contribution is 5.77. The SMILES string of the molecule is Cc1cc2c(c(=O)n1C)C(c1ccc(OCc3ccccn3)cc1)CC(=O)O2. The Kier molecular flexibility index (Phi) is 4.69. The van der Waals surface area contributed by atoms with Crippen LogP contribution in [0, 0.1) is 6.92 Å². The fourth-order valence-electron chi connectivity index (χ4n) is 3.37. The van der Waals surface area contributed by atoms with Gasteiger partial charge in [-0.15, -0.1) is 0 Å². The Labute approximate surface area is 162 Å². The van der Waals surface area contributed by atoms with Crippen molar-refractivity contribution >= 4 is 5.97 Å². The van der Waals surface area contributed by atoms with Crippen molar-refractivity contribution in [3.8, 4) is 11.5 Å². The molecule has 0 saturated heterocycles. The van der Waals surface area contributed by atoms with E-state index < -0.39 is 0 Å². The molecule has 1 aliphatic rings. The van der Waals surface area contributed by atoms with Crippen molar-refractivity contribution in [2.24, 2.45) is 7.05 Å². The number of esters is 1. The predicted octanol–water partition coefficient (Wildman–Crippen LogP) is 3.11. The van der Waals surface area contributed by atoms with Gasteiger partial charge in [-0.2, -0.15) is 0 Å². The first-order valence-electron chi connectivity index (χ1n) is 9.07. The second-order valence-electron chi connectivity index (χ2n) is 6.84. The molecular weight excluding hydrogens is 356 g/mol. The highest BCUT2D eigenvalue weighted by Gasteiger charge is 2.32. The first-order valence-corrected chi connectivity index (χ1v) is 9.07. The number of aromatic nitrogens is 2. The average Bonchev–Trinajstić information content (AvgIpc) is 2.71. The summed E-state index contributed by atoms with van der Waals surface area (Å²) >= 11 is 0. The summed E-state index contributed by atoms with van der Waals surface area (Å²) in [6.07, 6.45) is 1.86. The van der Waals surface area contributed by atoms with E-state index in [-0.39, 0.29) is 23.9 Å². The normalized spacial score (nSPS) is 15.6. The zero-order valence-electron chi connectivity index (χ0n) is 15.7. The lowest BCUT2D eigenvalue weighted by Crippen LogP contribution is -2.31. The van der Waals surface area contributed by atoms with Crippen molar-refractivity contribution in [2.45, 2.75) is 25.9 Å². The molecule has 0 bridgehead atoms. The summed E-state index contributed by atoms with van der Waals surface area (Å²) in [6.45, 7) is 2.19. The number of aryl methyl sites for hydroxylation is 1. The van der Waals surface area contributed by atoms with Gasteiger partial charge in [-0.1, -0.05) is 18.2 Å². The van der Waals surface area contributed by atoms with Crippen LogP contribution in [0.1, 0.15) is 34.9 Å². The van der Waals surface area contributed by atoms with Gasteiger partial charge in [0.15, 0.2) is 0 Å². The smallest absolute Gasteiger partial charge is 0.312 e. The maximum Gasteiger partial charge on any atom is 0.312 e. The Hall–Kier alpha value is -3.41. The molecule has 0 aliphatic carbocycles. The fourth-order valence-corrected chi connectivity index (χ4v) is 3.37. The molecule has 0 fully saturated rings. The van der Waals surface area contributed by atoms with E-state index in [1.807, 2.05) is 49.4 Å². The molecule has 0 radical (unpaired) electrons. The van der Waals surface area contributed by atoms with Gasteiger partial charge in [0.25, 0.3) is 5.56 Å². The summed E-state index contributed by atoms with van der Waals surface area (Å²) in [5.74, 6) is 0.392. The number of nitrogens with zero attached hydrogens (tertiary/aromatic N) is 2. The predicted molar refractivity (Wildman–Crippen MR) is 104 cm³/mol. The van der Waals surface area contributed by atoms with E-state index >= 15 is 0 Å². The first-order chi connectivity index (χ1) is 13.5. The summed E-state index contributed by atoms with van der Waals surface area (Å²) in [6, 6.07) is 14.9. The van der Waals surface area contributed by atoms with Crippen molar-refractivity contribution in [2.75, 3.05) is 0 Å². The van der Waals surface area contributed by atoms with Crippen molar-refractivity contribution in [1.29, 1.82) is 0 Å². The van der Waals surface area contributed by atoms with E-state index in [9.17, 15) is 9.59 Å². The van der Waals surface area contributed by atoms with Gasteiger partial charge in [-0.3, -0.25) is 14.6 Å². The van der Waals surface area contributed by atoms with Crippen LogP contribution >= 0.6 is 0 Å². The Bertz CT molecular complexity index is 1070. The molecule has 28 heavy (non-hydrogen) atoms. The lowest BCUT2D eigenvalue weighted by atomic mass is 9.87. The van der Waals surface area contributed by atoms with Crippen LogP contribution in [0.15, 0.2) is 59.5 Å². The van der Waals surface area contributed by atoms with Gasteiger partial charge >= 0.3 is 5.97 Å². The lowest BCUT2D eigenvalue weighted by Gasteiger charge is -2.25. The Balaban J connectivity index is 1.61. The first kappa shape index (κ1) is 18.0. The number of carbonyl (C=O) groups excluding carboxylic acids is 1. The van der Waals surface area contributed by atoms with Crippen LogP contribution in [0.25, 0.3) is 0 Å². The van der Waals surface area contributed by atoms with Crippen LogP contribution in [-0.2, 0) is 18.4 Å². The minimum atomic E-state index is -0.333. The Morgan fingerprint density at radius 3 is 2.68 bits per heavy atom. The highest BCUT2D eigenvalue weighted by atomic mass is 16.5. The summed E-state index contributed by atoms with van der Waals surface area (Å²) in [7, 11) is 1.72. The standard InChI is InChI=1S/C22H20N2O4/c1-14-11-19-21(22(26)24(14)2)18(12-20(25)28-19)15-6-8-17(9-7-15)27-13-16-5-3-4-10-23-16/h3-11,18H,12-13H2,1-2H3. The van der Waals surface area contributed by atoms with Crippen LogP contribution in [0.5, 0.6) is 11.5 Å². The molecular formula is C22H20N2O4. The number of carbonyl (C=O) groups is 1. The summed E-state index contributed by atoms with van der Waals surface area (Å²) in [4.78, 5) is 29.1. The van der Waals surface area contributed by atoms with Gasteiger partial charge in [-0.25, -0.2) is 0 Å². The monoisotopic (exact) mass is 376 g/mol. The van der Waals surface area contributed by atoms with Gasteiger partial charge < -0.3 is 14.0 Å². The van der Waals surface area contributed by atoms with Crippen LogP contribution in [0.3, 0.4) is 0 Å². The number of hydrogen-bond donors (Lipinski definition) is 0. The van der Waals surface area contributed by atoms with E-state index in [0.717, 1.165) is 17.0 Å². The maximum absolute atomic E-state index is 12.8. The largest absolute Gasteiger partial charge is 0.487 e. The van der Waals surface area contributed by atoms with Gasteiger partial charge in [0.2, 0.25) is 0 Å². The summed E-state index contributed by atoms with van der Waals surface area (Å²) in [5, 5.41) is 0. The molecule has 0 saturated carbocycles. The summed E-state index contributed by atoms with van der Waals surface area (Å²) in [5.41, 5.74) is 2.85. The molecule has 3 heterocycles. The van der Waals surface area contributed by atoms with Crippen LogP contribution < -0.4 is 15.0 Å². The molecule has 4 rings (SSSR count). The number of ether oxygens (including phenoxy) is 2. The third-order valence-electron chi connectivity index (χ3n) is 5.01. The number of rotatable bonds is 4.